The normalized spacial score (nSPS) is 12.2. The molecule has 6 aromatic rings. The van der Waals surface area contributed by atoms with Crippen molar-refractivity contribution < 1.29 is 10.4 Å². The van der Waals surface area contributed by atoms with E-state index >= 15 is 0 Å². The van der Waals surface area contributed by atoms with Gasteiger partial charge in [0.2, 0.25) is 0 Å². The second-order valence-corrected chi connectivity index (χ2v) is 9.95. The molecule has 1 aromatic heterocycles. The summed E-state index contributed by atoms with van der Waals surface area (Å²) in [6, 6.07) is 44.9. The van der Waals surface area contributed by atoms with Crippen LogP contribution in [0.25, 0.3) is 44.1 Å². The minimum atomic E-state index is -0.480. The van der Waals surface area contributed by atoms with Gasteiger partial charge in [-0.05, 0) is 22.1 Å². The van der Waals surface area contributed by atoms with Gasteiger partial charge in [-0.25, -0.2) is 0 Å². The van der Waals surface area contributed by atoms with Crippen molar-refractivity contribution >= 4 is 21.7 Å². The van der Waals surface area contributed by atoms with E-state index in [4.69, 9.17) is 0 Å². The van der Waals surface area contributed by atoms with Crippen molar-refractivity contribution in [2.45, 2.75) is 19.1 Å². The van der Waals surface area contributed by atoms with Crippen molar-refractivity contribution in [1.82, 2.24) is 4.57 Å². The summed E-state index contributed by atoms with van der Waals surface area (Å²) < 4.78 is 2.37. The average Bonchev–Trinajstić information content (AvgIpc) is 3.31. The Hall–Kier alpha value is -4.18. The number of nitrogens with two attached hydrogens (primary N) is 1. The third-order valence-corrected chi connectivity index (χ3v) is 7.37. The third kappa shape index (κ3) is 4.87. The van der Waals surface area contributed by atoms with Gasteiger partial charge in [0.1, 0.15) is 12.6 Å². The fourth-order valence-electron chi connectivity index (χ4n) is 5.61. The molecule has 38 heavy (non-hydrogen) atoms. The van der Waals surface area contributed by atoms with Crippen LogP contribution in [-0.4, -0.2) is 28.9 Å². The number of hydrogen-bond acceptors (Lipinski definition) is 1. The SMILES string of the molecule is O[C@@H](C[NH2+]CCc1ccccc1)Cn1c(-c2ccccc2)c(-c2ccccc2)c2ccc3ccccc3c21. The van der Waals surface area contributed by atoms with Gasteiger partial charge in [0, 0.05) is 22.8 Å². The Balaban J connectivity index is 1.43. The summed E-state index contributed by atoms with van der Waals surface area (Å²) in [5, 5.41) is 17.2. The van der Waals surface area contributed by atoms with Gasteiger partial charge in [0.25, 0.3) is 0 Å². The molecule has 1 atom stereocenters. The lowest BCUT2D eigenvalue weighted by Gasteiger charge is -2.17. The Labute approximate surface area is 224 Å². The summed E-state index contributed by atoms with van der Waals surface area (Å²) in [4.78, 5) is 0. The molecule has 5 aromatic carbocycles. The molecule has 3 nitrogen and oxygen atoms in total. The van der Waals surface area contributed by atoms with E-state index in [0.717, 1.165) is 24.2 Å². The molecule has 0 aliphatic rings. The monoisotopic (exact) mass is 497 g/mol. The van der Waals surface area contributed by atoms with E-state index in [1.54, 1.807) is 0 Å². The fraction of sp³-hybridized carbons (Fsp3) is 0.143. The third-order valence-electron chi connectivity index (χ3n) is 7.37. The molecule has 188 valence electrons. The lowest BCUT2D eigenvalue weighted by Crippen LogP contribution is -2.87. The van der Waals surface area contributed by atoms with E-state index in [0.29, 0.717) is 13.1 Å². The Bertz CT molecular complexity index is 1640. The Morgan fingerprint density at radius 1 is 0.632 bits per heavy atom. The number of aromatic nitrogens is 1. The van der Waals surface area contributed by atoms with Crippen LogP contribution in [0.4, 0.5) is 0 Å². The van der Waals surface area contributed by atoms with Crippen molar-refractivity contribution in [3.05, 3.63) is 133 Å². The van der Waals surface area contributed by atoms with Crippen LogP contribution in [0.5, 0.6) is 0 Å². The summed E-state index contributed by atoms with van der Waals surface area (Å²) in [6.07, 6.45) is 0.518. The van der Waals surface area contributed by atoms with E-state index in [1.807, 2.05) is 0 Å². The molecule has 0 spiro atoms. The summed E-state index contributed by atoms with van der Waals surface area (Å²) in [7, 11) is 0. The molecular weight excluding hydrogens is 464 g/mol. The molecule has 0 unspecified atom stereocenters. The van der Waals surface area contributed by atoms with Gasteiger partial charge in [-0.1, -0.05) is 127 Å². The Morgan fingerprint density at radius 3 is 2.00 bits per heavy atom. The zero-order valence-electron chi connectivity index (χ0n) is 21.5. The number of rotatable bonds is 9. The highest BCUT2D eigenvalue weighted by Crippen LogP contribution is 2.43. The highest BCUT2D eigenvalue weighted by molar-refractivity contribution is 6.15. The zero-order valence-corrected chi connectivity index (χ0v) is 21.5. The van der Waals surface area contributed by atoms with Crippen LogP contribution in [0.3, 0.4) is 0 Å². The Kier molecular flexibility index (Phi) is 7.03. The fourth-order valence-corrected chi connectivity index (χ4v) is 5.61. The van der Waals surface area contributed by atoms with Crippen LogP contribution in [0.2, 0.25) is 0 Å². The smallest absolute Gasteiger partial charge is 0.121 e. The first kappa shape index (κ1) is 24.2. The molecule has 0 aliphatic carbocycles. The van der Waals surface area contributed by atoms with Crippen molar-refractivity contribution in [2.24, 2.45) is 0 Å². The number of quaternary nitrogens is 1. The number of nitrogens with zero attached hydrogens (tertiary/aromatic N) is 1. The van der Waals surface area contributed by atoms with Crippen molar-refractivity contribution in [3.63, 3.8) is 0 Å². The van der Waals surface area contributed by atoms with Crippen LogP contribution in [0, 0.1) is 0 Å². The van der Waals surface area contributed by atoms with Gasteiger partial charge >= 0.3 is 0 Å². The quantitative estimate of drug-likeness (QED) is 0.226. The van der Waals surface area contributed by atoms with E-state index in [1.165, 1.54) is 38.4 Å². The van der Waals surface area contributed by atoms with E-state index in [2.05, 4.69) is 137 Å². The standard InChI is InChI=1S/C35H32N2O/c38-30(24-36-23-22-26-12-4-1-5-13-26)25-37-34(29-17-8-3-9-18-29)33(28-15-6-2-7-16-28)32-21-20-27-14-10-11-19-31(27)35(32)37/h1-21,30,36,38H,22-25H2/p+1/t30-/m0/s1. The topological polar surface area (TPSA) is 41.8 Å². The van der Waals surface area contributed by atoms with E-state index in [9.17, 15) is 5.11 Å². The van der Waals surface area contributed by atoms with Gasteiger partial charge in [-0.3, -0.25) is 0 Å². The van der Waals surface area contributed by atoms with E-state index in [-0.39, 0.29) is 0 Å². The molecule has 0 aliphatic heterocycles. The minimum absolute atomic E-state index is 0.480. The first-order chi connectivity index (χ1) is 18.8. The summed E-state index contributed by atoms with van der Waals surface area (Å²) in [5.41, 5.74) is 7.25. The number of benzene rings is 5. The van der Waals surface area contributed by atoms with Gasteiger partial charge in [-0.15, -0.1) is 0 Å². The minimum Gasteiger partial charge on any atom is -0.385 e. The predicted molar refractivity (Wildman–Crippen MR) is 158 cm³/mol. The molecule has 1 heterocycles. The Morgan fingerprint density at radius 2 is 1.26 bits per heavy atom. The van der Waals surface area contributed by atoms with Crippen LogP contribution in [-0.2, 0) is 13.0 Å². The van der Waals surface area contributed by atoms with Gasteiger partial charge in [0.05, 0.1) is 24.3 Å². The highest BCUT2D eigenvalue weighted by Gasteiger charge is 2.23. The van der Waals surface area contributed by atoms with Crippen molar-refractivity contribution in [1.29, 1.82) is 0 Å². The number of fused-ring (bicyclic) bond motifs is 3. The molecule has 3 heteroatoms. The number of aliphatic hydroxyl groups is 1. The molecule has 3 N–H and O–H groups in total. The lowest BCUT2D eigenvalue weighted by molar-refractivity contribution is -0.660. The maximum Gasteiger partial charge on any atom is 0.121 e. The second-order valence-electron chi connectivity index (χ2n) is 9.95. The van der Waals surface area contributed by atoms with Crippen LogP contribution < -0.4 is 5.32 Å². The summed E-state index contributed by atoms with van der Waals surface area (Å²) >= 11 is 0. The first-order valence-corrected chi connectivity index (χ1v) is 13.5. The number of hydrogen-bond donors (Lipinski definition) is 2. The summed E-state index contributed by atoms with van der Waals surface area (Å²) in [5.74, 6) is 0. The van der Waals surface area contributed by atoms with Crippen molar-refractivity contribution in [3.8, 4) is 22.4 Å². The average molecular weight is 498 g/mol. The highest BCUT2D eigenvalue weighted by atomic mass is 16.3. The number of aliphatic hydroxyl groups excluding tert-OH is 1. The van der Waals surface area contributed by atoms with Crippen LogP contribution in [0.1, 0.15) is 5.56 Å². The molecule has 6 rings (SSSR count). The van der Waals surface area contributed by atoms with E-state index < -0.39 is 6.10 Å². The van der Waals surface area contributed by atoms with Gasteiger partial charge in [0.15, 0.2) is 0 Å². The van der Waals surface area contributed by atoms with Crippen LogP contribution in [0.15, 0.2) is 127 Å². The molecule has 0 saturated carbocycles. The van der Waals surface area contributed by atoms with Gasteiger partial charge < -0.3 is 15.0 Å². The molecular formula is C35H33N2O+. The maximum atomic E-state index is 11.3. The maximum absolute atomic E-state index is 11.3. The first-order valence-electron chi connectivity index (χ1n) is 13.5. The summed E-state index contributed by atoms with van der Waals surface area (Å²) in [6.45, 7) is 2.15. The predicted octanol–water partition coefficient (Wildman–Crippen LogP) is 6.30. The molecule has 0 amide bonds. The van der Waals surface area contributed by atoms with Crippen LogP contribution >= 0.6 is 0 Å². The van der Waals surface area contributed by atoms with Gasteiger partial charge in [-0.2, -0.15) is 0 Å². The van der Waals surface area contributed by atoms with Crippen molar-refractivity contribution in [2.75, 3.05) is 13.1 Å². The molecule has 0 bridgehead atoms. The zero-order chi connectivity index (χ0) is 25.7. The second kappa shape index (κ2) is 11.1. The molecule has 0 saturated heterocycles. The largest absolute Gasteiger partial charge is 0.385 e. The molecule has 0 radical (unpaired) electrons. The molecule has 0 fully saturated rings. The lowest BCUT2D eigenvalue weighted by atomic mass is 9.97.